The van der Waals surface area contributed by atoms with Crippen molar-refractivity contribution in [3.63, 3.8) is 0 Å². The van der Waals surface area contributed by atoms with Crippen LogP contribution in [0.1, 0.15) is 13.8 Å². The number of carbonyl (C=O) groups is 1. The van der Waals surface area contributed by atoms with Gasteiger partial charge in [-0.2, -0.15) is 0 Å². The Morgan fingerprint density at radius 2 is 1.93 bits per heavy atom. The second-order valence-corrected chi connectivity index (χ2v) is 3.08. The van der Waals surface area contributed by atoms with Gasteiger partial charge >= 0.3 is 6.09 Å². The Morgan fingerprint density at radius 3 is 2.47 bits per heavy atom. The first-order chi connectivity index (χ1) is 7.19. The highest BCUT2D eigenvalue weighted by Gasteiger charge is 2.12. The summed E-state index contributed by atoms with van der Waals surface area (Å²) in [5.74, 6) is 0.411. The van der Waals surface area contributed by atoms with Gasteiger partial charge in [-0.15, -0.1) is 0 Å². The number of nitrogen functional groups attached to an aromatic ring is 1. The molecule has 0 aliphatic carbocycles. The molecule has 82 valence electrons. The van der Waals surface area contributed by atoms with Gasteiger partial charge in [0.15, 0.2) is 5.75 Å². The average molecular weight is 208 g/mol. The Labute approximate surface area is 89.6 Å². The van der Waals surface area contributed by atoms with Gasteiger partial charge in [0.2, 0.25) is 0 Å². The highest BCUT2D eigenvalue weighted by Crippen LogP contribution is 2.20. The van der Waals surface area contributed by atoms with Crippen LogP contribution in [0.4, 0.5) is 10.5 Å². The third-order valence-electron chi connectivity index (χ3n) is 2.14. The summed E-state index contributed by atoms with van der Waals surface area (Å²) in [6.07, 6.45) is -0.363. The molecule has 1 amide bonds. The lowest BCUT2D eigenvalue weighted by Gasteiger charge is -2.18. The molecule has 0 heterocycles. The van der Waals surface area contributed by atoms with Gasteiger partial charge in [-0.3, -0.25) is 0 Å². The van der Waals surface area contributed by atoms with E-state index in [1.165, 1.54) is 0 Å². The molecule has 2 N–H and O–H groups in total. The first-order valence-corrected chi connectivity index (χ1v) is 5.00. The predicted octanol–water partition coefficient (Wildman–Crippen LogP) is 2.11. The van der Waals surface area contributed by atoms with Gasteiger partial charge in [-0.25, -0.2) is 4.79 Å². The lowest BCUT2D eigenvalue weighted by molar-refractivity contribution is 0.157. The first-order valence-electron chi connectivity index (χ1n) is 5.00. The summed E-state index contributed by atoms with van der Waals surface area (Å²) >= 11 is 0. The average Bonchev–Trinajstić information content (AvgIpc) is 2.23. The molecule has 4 heteroatoms. The van der Waals surface area contributed by atoms with Crippen LogP contribution >= 0.6 is 0 Å². The van der Waals surface area contributed by atoms with E-state index in [-0.39, 0.29) is 6.09 Å². The quantitative estimate of drug-likeness (QED) is 0.774. The Balaban J connectivity index is 2.70. The van der Waals surface area contributed by atoms with Gasteiger partial charge < -0.3 is 15.4 Å². The Kier molecular flexibility index (Phi) is 3.97. The van der Waals surface area contributed by atoms with Gasteiger partial charge in [-0.05, 0) is 26.0 Å². The number of anilines is 1. The highest BCUT2D eigenvalue weighted by atomic mass is 16.6. The van der Waals surface area contributed by atoms with Crippen LogP contribution in [0, 0.1) is 0 Å². The number of nitrogens with two attached hydrogens (primary N) is 1. The van der Waals surface area contributed by atoms with Crippen molar-refractivity contribution in [3.05, 3.63) is 24.3 Å². The smallest absolute Gasteiger partial charge is 0.408 e. The summed E-state index contributed by atoms with van der Waals surface area (Å²) in [6.45, 7) is 5.06. The van der Waals surface area contributed by atoms with Crippen molar-refractivity contribution >= 4 is 11.8 Å². The van der Waals surface area contributed by atoms with Crippen molar-refractivity contribution in [2.45, 2.75) is 13.8 Å². The molecule has 0 aliphatic rings. The lowest BCUT2D eigenvalue weighted by Crippen LogP contribution is -2.33. The third-order valence-corrected chi connectivity index (χ3v) is 2.14. The fraction of sp³-hybridized carbons (Fsp3) is 0.364. The number of amides is 1. The van der Waals surface area contributed by atoms with Gasteiger partial charge in [-0.1, -0.05) is 12.1 Å². The van der Waals surface area contributed by atoms with E-state index in [4.69, 9.17) is 10.5 Å². The highest BCUT2D eigenvalue weighted by molar-refractivity contribution is 5.72. The largest absolute Gasteiger partial charge is 0.415 e. The molecule has 4 nitrogen and oxygen atoms in total. The minimum absolute atomic E-state index is 0.363. The normalized spacial score (nSPS) is 9.73. The zero-order valence-electron chi connectivity index (χ0n) is 9.06. The maximum Gasteiger partial charge on any atom is 0.415 e. The molecule has 0 atom stereocenters. The minimum Gasteiger partial charge on any atom is -0.408 e. The summed E-state index contributed by atoms with van der Waals surface area (Å²) < 4.78 is 5.15. The molecule has 0 aromatic heterocycles. The molecule has 1 aromatic rings. The Bertz CT molecular complexity index is 335. The molecule has 0 spiro atoms. The van der Waals surface area contributed by atoms with Crippen LogP contribution in [0.2, 0.25) is 0 Å². The van der Waals surface area contributed by atoms with E-state index in [9.17, 15) is 4.79 Å². The van der Waals surface area contributed by atoms with Crippen molar-refractivity contribution in [2.75, 3.05) is 18.8 Å². The number of carbonyl (C=O) groups excluding carboxylic acids is 1. The fourth-order valence-corrected chi connectivity index (χ4v) is 1.21. The predicted molar refractivity (Wildman–Crippen MR) is 59.8 cm³/mol. The van der Waals surface area contributed by atoms with Crippen LogP contribution in [0.3, 0.4) is 0 Å². The summed E-state index contributed by atoms with van der Waals surface area (Å²) in [5, 5.41) is 0. The topological polar surface area (TPSA) is 55.6 Å². The molecule has 0 aliphatic heterocycles. The zero-order chi connectivity index (χ0) is 11.3. The van der Waals surface area contributed by atoms with Crippen molar-refractivity contribution < 1.29 is 9.53 Å². The summed E-state index contributed by atoms with van der Waals surface area (Å²) in [4.78, 5) is 13.2. The monoisotopic (exact) mass is 208 g/mol. The van der Waals surface area contributed by atoms with Crippen molar-refractivity contribution in [1.29, 1.82) is 0 Å². The summed E-state index contributed by atoms with van der Waals surface area (Å²) in [5.41, 5.74) is 6.13. The maximum atomic E-state index is 11.6. The van der Waals surface area contributed by atoms with Crippen LogP contribution < -0.4 is 10.5 Å². The minimum atomic E-state index is -0.363. The number of rotatable bonds is 3. The number of hydrogen-bond donors (Lipinski definition) is 1. The Morgan fingerprint density at radius 1 is 1.33 bits per heavy atom. The van der Waals surface area contributed by atoms with Crippen molar-refractivity contribution in [3.8, 4) is 5.75 Å². The first kappa shape index (κ1) is 11.4. The molecular weight excluding hydrogens is 192 g/mol. The van der Waals surface area contributed by atoms with Crippen LogP contribution in [-0.4, -0.2) is 24.1 Å². The SMILES string of the molecule is CCN(CC)C(=O)Oc1ccccc1N. The van der Waals surface area contributed by atoms with E-state index in [1.54, 1.807) is 29.2 Å². The van der Waals surface area contributed by atoms with E-state index in [2.05, 4.69) is 0 Å². The van der Waals surface area contributed by atoms with E-state index in [0.29, 0.717) is 24.5 Å². The number of nitrogens with zero attached hydrogens (tertiary/aromatic N) is 1. The number of benzene rings is 1. The van der Waals surface area contributed by atoms with E-state index < -0.39 is 0 Å². The maximum absolute atomic E-state index is 11.6. The van der Waals surface area contributed by atoms with Crippen LogP contribution in [0.5, 0.6) is 5.75 Å². The van der Waals surface area contributed by atoms with Gasteiger partial charge in [0.05, 0.1) is 5.69 Å². The molecule has 0 fully saturated rings. The third kappa shape index (κ3) is 2.87. The van der Waals surface area contributed by atoms with Crippen molar-refractivity contribution in [1.82, 2.24) is 4.90 Å². The van der Waals surface area contributed by atoms with E-state index >= 15 is 0 Å². The molecule has 0 saturated carbocycles. The molecule has 0 radical (unpaired) electrons. The molecule has 15 heavy (non-hydrogen) atoms. The molecule has 0 unspecified atom stereocenters. The van der Waals surface area contributed by atoms with Crippen LogP contribution in [-0.2, 0) is 0 Å². The molecule has 1 aromatic carbocycles. The second-order valence-electron chi connectivity index (χ2n) is 3.08. The summed E-state index contributed by atoms with van der Waals surface area (Å²) in [7, 11) is 0. The standard InChI is InChI=1S/C11H16N2O2/c1-3-13(4-2)11(14)15-10-8-6-5-7-9(10)12/h5-8H,3-4,12H2,1-2H3. The summed E-state index contributed by atoms with van der Waals surface area (Å²) in [6, 6.07) is 6.95. The van der Waals surface area contributed by atoms with Crippen LogP contribution in [0.25, 0.3) is 0 Å². The fourth-order valence-electron chi connectivity index (χ4n) is 1.21. The van der Waals surface area contributed by atoms with Crippen LogP contribution in [0.15, 0.2) is 24.3 Å². The number of para-hydroxylation sites is 2. The number of ether oxygens (including phenoxy) is 1. The lowest BCUT2D eigenvalue weighted by atomic mass is 10.3. The molecule has 0 bridgehead atoms. The van der Waals surface area contributed by atoms with Gasteiger partial charge in [0.1, 0.15) is 0 Å². The second kappa shape index (κ2) is 5.24. The van der Waals surface area contributed by atoms with Gasteiger partial charge in [0.25, 0.3) is 0 Å². The van der Waals surface area contributed by atoms with E-state index in [0.717, 1.165) is 0 Å². The Hall–Kier alpha value is -1.71. The zero-order valence-corrected chi connectivity index (χ0v) is 9.06. The van der Waals surface area contributed by atoms with Crippen molar-refractivity contribution in [2.24, 2.45) is 0 Å². The van der Waals surface area contributed by atoms with E-state index in [1.807, 2.05) is 13.8 Å². The molecular formula is C11H16N2O2. The van der Waals surface area contributed by atoms with Gasteiger partial charge in [0, 0.05) is 13.1 Å². The molecule has 1 rings (SSSR count). The molecule has 0 saturated heterocycles. The number of hydrogen-bond acceptors (Lipinski definition) is 3.